The third-order valence-electron chi connectivity index (χ3n) is 3.53. The molecule has 0 bridgehead atoms. The molecule has 0 spiro atoms. The van der Waals surface area contributed by atoms with E-state index in [9.17, 15) is 9.59 Å². The second kappa shape index (κ2) is 12.7. The molecule has 8 nitrogen and oxygen atoms in total. The molecule has 2 aromatic carbocycles. The fourth-order valence-corrected chi connectivity index (χ4v) is 3.20. The van der Waals surface area contributed by atoms with Gasteiger partial charge in [0.2, 0.25) is 0 Å². The van der Waals surface area contributed by atoms with Gasteiger partial charge in [0.05, 0.1) is 16.1 Å². The van der Waals surface area contributed by atoms with E-state index >= 15 is 0 Å². The lowest BCUT2D eigenvalue weighted by Crippen LogP contribution is -2.49. The average molecular weight is 551 g/mol. The van der Waals surface area contributed by atoms with Gasteiger partial charge in [-0.1, -0.05) is 23.2 Å². The van der Waals surface area contributed by atoms with E-state index < -0.39 is 11.8 Å². The Labute approximate surface area is 202 Å². The van der Waals surface area contributed by atoms with Gasteiger partial charge in [0, 0.05) is 17.7 Å². The molecule has 0 atom stereocenters. The van der Waals surface area contributed by atoms with Crippen molar-refractivity contribution in [1.29, 1.82) is 0 Å². The normalized spacial score (nSPS) is 10.2. The molecular formula is C19H18BrCl2N3O5S. The summed E-state index contributed by atoms with van der Waals surface area (Å²) in [5.41, 5.74) is 5.06. The highest BCUT2D eigenvalue weighted by atomic mass is 79.9. The number of methoxy groups -OCH3 is 1. The number of benzene rings is 2. The number of ether oxygens (including phenoxy) is 3. The average Bonchev–Trinajstić information content (AvgIpc) is 2.72. The summed E-state index contributed by atoms with van der Waals surface area (Å²) < 4.78 is 16.3. The van der Waals surface area contributed by atoms with Gasteiger partial charge in [0.25, 0.3) is 11.8 Å². The monoisotopic (exact) mass is 549 g/mol. The first-order chi connectivity index (χ1) is 14.8. The maximum absolute atomic E-state index is 12.3. The zero-order valence-corrected chi connectivity index (χ0v) is 20.1. The molecule has 0 aliphatic rings. The van der Waals surface area contributed by atoms with E-state index in [1.54, 1.807) is 37.4 Å². The molecule has 0 heterocycles. The predicted octanol–water partition coefficient (Wildman–Crippen LogP) is 3.50. The predicted molar refractivity (Wildman–Crippen MR) is 125 cm³/mol. The number of nitrogens with one attached hydrogen (secondary N) is 3. The molecule has 31 heavy (non-hydrogen) atoms. The number of carbonyl (C=O) groups is 2. The van der Waals surface area contributed by atoms with E-state index in [0.717, 1.165) is 0 Å². The summed E-state index contributed by atoms with van der Waals surface area (Å²) in [7, 11) is 1.58. The lowest BCUT2D eigenvalue weighted by Gasteiger charge is -2.13. The number of thiocarbonyl (C=S) groups is 1. The molecule has 0 aromatic heterocycles. The Kier molecular flexibility index (Phi) is 10.3. The van der Waals surface area contributed by atoms with E-state index in [2.05, 4.69) is 32.1 Å². The minimum Gasteiger partial charge on any atom is -0.490 e. The second-order valence-electron chi connectivity index (χ2n) is 5.81. The molecule has 166 valence electrons. The van der Waals surface area contributed by atoms with Crippen LogP contribution in [-0.4, -0.2) is 43.9 Å². The summed E-state index contributed by atoms with van der Waals surface area (Å²) in [5, 5.41) is 3.07. The zero-order chi connectivity index (χ0) is 22.8. The third kappa shape index (κ3) is 8.50. The number of hydrazine groups is 1. The standard InChI is InChI=1S/C19H18BrCl2N3O5S/c1-28-6-7-29-15-4-2-11(8-13(15)20)18(27)23-19(31)25-24-17(26)10-30-16-5-3-12(21)9-14(16)22/h2-5,8-9H,6-7,10H2,1H3,(H,24,26)(H2,23,25,27,31). The van der Waals surface area contributed by atoms with Crippen molar-refractivity contribution in [3.05, 3.63) is 56.5 Å². The van der Waals surface area contributed by atoms with Crippen LogP contribution < -0.4 is 25.6 Å². The molecule has 0 aliphatic heterocycles. The molecule has 2 aromatic rings. The highest BCUT2D eigenvalue weighted by Crippen LogP contribution is 2.27. The molecule has 12 heteroatoms. The molecule has 2 rings (SSSR count). The van der Waals surface area contributed by atoms with E-state index in [1.807, 2.05) is 0 Å². The van der Waals surface area contributed by atoms with E-state index in [1.165, 1.54) is 6.07 Å². The van der Waals surface area contributed by atoms with Gasteiger partial charge in [-0.2, -0.15) is 0 Å². The number of rotatable bonds is 8. The molecule has 0 radical (unpaired) electrons. The van der Waals surface area contributed by atoms with Crippen LogP contribution in [0.25, 0.3) is 0 Å². The summed E-state index contributed by atoms with van der Waals surface area (Å²) in [4.78, 5) is 24.2. The summed E-state index contributed by atoms with van der Waals surface area (Å²) in [5.74, 6) is -0.136. The maximum atomic E-state index is 12.3. The molecule has 0 saturated heterocycles. The zero-order valence-electron chi connectivity index (χ0n) is 16.2. The van der Waals surface area contributed by atoms with Crippen LogP contribution in [0, 0.1) is 0 Å². The van der Waals surface area contributed by atoms with Gasteiger partial charge in [0.1, 0.15) is 18.1 Å². The summed E-state index contributed by atoms with van der Waals surface area (Å²) in [6.45, 7) is 0.489. The second-order valence-corrected chi connectivity index (χ2v) is 7.91. The van der Waals surface area contributed by atoms with E-state index in [4.69, 9.17) is 49.6 Å². The van der Waals surface area contributed by atoms with Crippen molar-refractivity contribution in [2.24, 2.45) is 0 Å². The van der Waals surface area contributed by atoms with Crippen molar-refractivity contribution in [2.75, 3.05) is 26.9 Å². The highest BCUT2D eigenvalue weighted by molar-refractivity contribution is 9.10. The number of carbonyl (C=O) groups excluding carboxylic acids is 2. The van der Waals surface area contributed by atoms with Gasteiger partial charge in [-0.05, 0) is 64.5 Å². The Morgan fingerprint density at radius 3 is 2.45 bits per heavy atom. The number of amides is 2. The molecule has 0 aliphatic carbocycles. The summed E-state index contributed by atoms with van der Waals surface area (Å²) in [6, 6.07) is 9.43. The highest BCUT2D eigenvalue weighted by Gasteiger charge is 2.12. The van der Waals surface area contributed by atoms with Gasteiger partial charge >= 0.3 is 0 Å². The lowest BCUT2D eigenvalue weighted by molar-refractivity contribution is -0.123. The Bertz CT molecular complexity index is 964. The molecular weight excluding hydrogens is 533 g/mol. The Morgan fingerprint density at radius 1 is 1.03 bits per heavy atom. The SMILES string of the molecule is COCCOc1ccc(C(=O)NC(=S)NNC(=O)COc2ccc(Cl)cc2Cl)cc1Br. The van der Waals surface area contributed by atoms with Gasteiger partial charge in [-0.3, -0.25) is 25.8 Å². The Morgan fingerprint density at radius 2 is 1.77 bits per heavy atom. The minimum atomic E-state index is -0.539. The van der Waals surface area contributed by atoms with Gasteiger partial charge < -0.3 is 14.2 Å². The van der Waals surface area contributed by atoms with Gasteiger partial charge in [-0.15, -0.1) is 0 Å². The van der Waals surface area contributed by atoms with Crippen LogP contribution in [0.4, 0.5) is 0 Å². The quantitative estimate of drug-likeness (QED) is 0.263. The first-order valence-electron chi connectivity index (χ1n) is 8.69. The number of hydrogen-bond donors (Lipinski definition) is 3. The van der Waals surface area contributed by atoms with Crippen molar-refractivity contribution in [3.63, 3.8) is 0 Å². The van der Waals surface area contributed by atoms with Crippen molar-refractivity contribution in [3.8, 4) is 11.5 Å². The van der Waals surface area contributed by atoms with E-state index in [-0.39, 0.29) is 16.7 Å². The molecule has 0 fully saturated rings. The van der Waals surface area contributed by atoms with Crippen LogP contribution in [-0.2, 0) is 9.53 Å². The van der Waals surface area contributed by atoms with Crippen LogP contribution >= 0.6 is 51.3 Å². The fraction of sp³-hybridized carbons (Fsp3) is 0.211. The summed E-state index contributed by atoms with van der Waals surface area (Å²) >= 11 is 20.1. The molecule has 3 N–H and O–H groups in total. The lowest BCUT2D eigenvalue weighted by atomic mass is 10.2. The van der Waals surface area contributed by atoms with Gasteiger partial charge in [0.15, 0.2) is 11.7 Å². The van der Waals surface area contributed by atoms with Crippen LogP contribution in [0.5, 0.6) is 11.5 Å². The van der Waals surface area contributed by atoms with Crippen molar-refractivity contribution in [2.45, 2.75) is 0 Å². The topological polar surface area (TPSA) is 97.9 Å². The molecule has 0 unspecified atom stereocenters. The smallest absolute Gasteiger partial charge is 0.276 e. The maximum Gasteiger partial charge on any atom is 0.276 e. The van der Waals surface area contributed by atoms with Gasteiger partial charge in [-0.25, -0.2) is 0 Å². The Balaban J connectivity index is 1.77. The number of halogens is 3. The number of hydrogen-bond acceptors (Lipinski definition) is 6. The van der Waals surface area contributed by atoms with Crippen molar-refractivity contribution < 1.29 is 23.8 Å². The van der Waals surface area contributed by atoms with Crippen LogP contribution in [0.1, 0.15) is 10.4 Å². The minimum absolute atomic E-state index is 0.0978. The van der Waals surface area contributed by atoms with Crippen LogP contribution in [0.3, 0.4) is 0 Å². The first kappa shape index (κ1) is 25.2. The van der Waals surface area contributed by atoms with Crippen LogP contribution in [0.15, 0.2) is 40.9 Å². The Hall–Kier alpha value is -2.11. The summed E-state index contributed by atoms with van der Waals surface area (Å²) in [6.07, 6.45) is 0. The van der Waals surface area contributed by atoms with E-state index in [0.29, 0.717) is 39.8 Å². The molecule has 2 amide bonds. The first-order valence-corrected chi connectivity index (χ1v) is 10.6. The van der Waals surface area contributed by atoms with Crippen molar-refractivity contribution in [1.82, 2.24) is 16.2 Å². The largest absolute Gasteiger partial charge is 0.490 e. The third-order valence-corrected chi connectivity index (χ3v) is 4.89. The van der Waals surface area contributed by atoms with Crippen LogP contribution in [0.2, 0.25) is 10.0 Å². The van der Waals surface area contributed by atoms with Crippen molar-refractivity contribution >= 4 is 68.3 Å². The fourth-order valence-electron chi connectivity index (χ4n) is 2.10. The molecule has 0 saturated carbocycles.